The van der Waals surface area contributed by atoms with Crippen LogP contribution in [-0.2, 0) is 0 Å². The second-order valence-corrected chi connectivity index (χ2v) is 11.6. The number of anilines is 2. The van der Waals surface area contributed by atoms with Crippen molar-refractivity contribution in [3.8, 4) is 11.4 Å². The molecule has 0 bridgehead atoms. The topological polar surface area (TPSA) is 61.5 Å². The van der Waals surface area contributed by atoms with Gasteiger partial charge in [-0.1, -0.05) is 42.5 Å². The van der Waals surface area contributed by atoms with Crippen LogP contribution in [0.15, 0.2) is 113 Å². The molecule has 0 amide bonds. The van der Waals surface area contributed by atoms with E-state index in [1.165, 1.54) is 12.1 Å². The van der Waals surface area contributed by atoms with E-state index in [4.69, 9.17) is 15.1 Å². The normalized spacial score (nSPS) is 17.1. The fourth-order valence-electron chi connectivity index (χ4n) is 6.63. The molecule has 3 aliphatic heterocycles. The van der Waals surface area contributed by atoms with Crippen molar-refractivity contribution in [2.24, 2.45) is 9.98 Å². The lowest BCUT2D eigenvalue weighted by atomic mass is 9.93. The average Bonchev–Trinajstić information content (AvgIpc) is 3.43. The first-order valence-electron chi connectivity index (χ1n) is 15.5. The van der Waals surface area contributed by atoms with Gasteiger partial charge in [0.2, 0.25) is 0 Å². The molecular weight excluding hydrogens is 603 g/mol. The summed E-state index contributed by atoms with van der Waals surface area (Å²) in [6.45, 7) is 1.86. The third-order valence-corrected chi connectivity index (χ3v) is 8.81. The molecule has 0 N–H and O–H groups in total. The number of fused-ring (bicyclic) bond motifs is 4. The van der Waals surface area contributed by atoms with Gasteiger partial charge in [-0.15, -0.1) is 0 Å². The maximum atomic E-state index is 13.6. The fourth-order valence-corrected chi connectivity index (χ4v) is 6.63. The van der Waals surface area contributed by atoms with Gasteiger partial charge in [0.15, 0.2) is 17.5 Å². The van der Waals surface area contributed by atoms with Crippen molar-refractivity contribution in [2.75, 3.05) is 36.0 Å². The zero-order valence-electron chi connectivity index (χ0n) is 25.5. The first-order valence-corrected chi connectivity index (χ1v) is 15.5. The number of ether oxygens (including phenoxy) is 1. The lowest BCUT2D eigenvalue weighted by Crippen LogP contribution is -2.55. The maximum Gasteiger partial charge on any atom is 0.387 e. The largest absolute Gasteiger partial charge is 0.435 e. The van der Waals surface area contributed by atoms with Gasteiger partial charge < -0.3 is 19.4 Å². The summed E-state index contributed by atoms with van der Waals surface area (Å²) in [6.07, 6.45) is 0. The zero-order chi connectivity index (χ0) is 32.1. The first-order chi connectivity index (χ1) is 22.9. The lowest BCUT2D eigenvalue weighted by molar-refractivity contribution is -0.0498. The van der Waals surface area contributed by atoms with E-state index in [0.29, 0.717) is 24.7 Å². The second kappa shape index (κ2) is 11.7. The number of halogens is 3. The van der Waals surface area contributed by atoms with Gasteiger partial charge in [0.1, 0.15) is 11.6 Å². The number of nitrogens with zero attached hydrogens (tertiary/aromatic N) is 7. The molecule has 0 radical (unpaired) electrons. The third-order valence-electron chi connectivity index (χ3n) is 8.81. The molecule has 4 heterocycles. The van der Waals surface area contributed by atoms with Crippen molar-refractivity contribution < 1.29 is 17.9 Å². The fraction of sp³-hybridized carbons (Fsp3) is 0.194. The van der Waals surface area contributed by atoms with Crippen LogP contribution in [0, 0.1) is 12.7 Å². The van der Waals surface area contributed by atoms with Gasteiger partial charge in [-0.25, -0.2) is 19.1 Å². The number of benzene rings is 4. The number of amidine groups is 2. The number of piperazine rings is 1. The lowest BCUT2D eigenvalue weighted by Gasteiger charge is -2.44. The van der Waals surface area contributed by atoms with Crippen molar-refractivity contribution in [1.29, 1.82) is 0 Å². The van der Waals surface area contributed by atoms with Crippen LogP contribution < -0.4 is 14.5 Å². The van der Waals surface area contributed by atoms with Gasteiger partial charge >= 0.3 is 6.61 Å². The van der Waals surface area contributed by atoms with Crippen LogP contribution in [0.1, 0.15) is 22.9 Å². The van der Waals surface area contributed by atoms with E-state index in [1.54, 1.807) is 12.1 Å². The monoisotopic (exact) mass is 633 g/mol. The molecule has 11 heteroatoms. The summed E-state index contributed by atoms with van der Waals surface area (Å²) >= 11 is 0. The van der Waals surface area contributed by atoms with Crippen LogP contribution in [0.4, 0.5) is 36.1 Å². The van der Waals surface area contributed by atoms with Crippen molar-refractivity contribution in [2.45, 2.75) is 19.6 Å². The molecule has 1 atom stereocenters. The summed E-state index contributed by atoms with van der Waals surface area (Å²) in [7, 11) is 0. The Balaban J connectivity index is 1.26. The van der Waals surface area contributed by atoms with Gasteiger partial charge in [-0.05, 0) is 73.2 Å². The number of para-hydroxylation sites is 3. The van der Waals surface area contributed by atoms with Gasteiger partial charge in [0.25, 0.3) is 0 Å². The quantitative estimate of drug-likeness (QED) is 0.202. The van der Waals surface area contributed by atoms with E-state index in [0.717, 1.165) is 58.5 Å². The Labute approximate surface area is 269 Å². The number of hydrogen-bond acceptors (Lipinski definition) is 7. The van der Waals surface area contributed by atoms with E-state index in [-0.39, 0.29) is 17.6 Å². The number of alkyl halides is 2. The highest BCUT2D eigenvalue weighted by Gasteiger charge is 2.43. The highest BCUT2D eigenvalue weighted by Crippen LogP contribution is 2.48. The Morgan fingerprint density at radius 2 is 1.40 bits per heavy atom. The van der Waals surface area contributed by atoms with E-state index < -0.39 is 6.61 Å². The molecule has 236 valence electrons. The predicted octanol–water partition coefficient (Wildman–Crippen LogP) is 7.43. The van der Waals surface area contributed by atoms with Gasteiger partial charge in [0.05, 0.1) is 28.8 Å². The van der Waals surface area contributed by atoms with Crippen LogP contribution in [0.25, 0.3) is 5.69 Å². The molecular formula is C36H30F3N7O. The summed E-state index contributed by atoms with van der Waals surface area (Å²) in [6, 6.07) is 30.8. The number of aliphatic imine (C=N–C) groups is 2. The standard InChI is InChI=1S/C36H30F3N7O/c1-23-31-32(24-11-17-28(18-12-24)47-36(38)39)45-30-10-6-5-9-29(30)40-34(35(45)41-33(31)46(42-23)27-7-3-2-4-8-27)44-21-19-43(20-22-44)26-15-13-25(37)14-16-26/h2-18,32,36H,19-22H2,1H3/t32-/m0/s1. The number of aromatic nitrogens is 2. The molecule has 0 aliphatic carbocycles. The minimum atomic E-state index is -2.91. The second-order valence-electron chi connectivity index (χ2n) is 11.6. The summed E-state index contributed by atoms with van der Waals surface area (Å²) in [4.78, 5) is 17.2. The van der Waals surface area contributed by atoms with Crippen LogP contribution >= 0.6 is 0 Å². The number of rotatable bonds is 5. The molecule has 0 spiro atoms. The maximum absolute atomic E-state index is 13.6. The molecule has 47 heavy (non-hydrogen) atoms. The molecule has 1 fully saturated rings. The van der Waals surface area contributed by atoms with Crippen molar-refractivity contribution >= 4 is 34.6 Å². The van der Waals surface area contributed by atoms with Crippen LogP contribution in [0.3, 0.4) is 0 Å². The number of aryl methyl sites for hydroxylation is 1. The minimum Gasteiger partial charge on any atom is -0.435 e. The van der Waals surface area contributed by atoms with Crippen molar-refractivity contribution in [1.82, 2.24) is 14.7 Å². The molecule has 0 saturated carbocycles. The highest BCUT2D eigenvalue weighted by molar-refractivity contribution is 6.48. The van der Waals surface area contributed by atoms with Gasteiger partial charge in [-0.3, -0.25) is 0 Å². The summed E-state index contributed by atoms with van der Waals surface area (Å²) < 4.78 is 46.2. The van der Waals surface area contributed by atoms with Crippen LogP contribution in [0.5, 0.6) is 5.75 Å². The Bertz CT molecular complexity index is 1980. The van der Waals surface area contributed by atoms with E-state index >= 15 is 0 Å². The highest BCUT2D eigenvalue weighted by atomic mass is 19.3. The molecule has 3 aliphatic rings. The smallest absolute Gasteiger partial charge is 0.387 e. The van der Waals surface area contributed by atoms with Gasteiger partial charge in [0, 0.05) is 37.4 Å². The Morgan fingerprint density at radius 3 is 2.13 bits per heavy atom. The molecule has 8 nitrogen and oxygen atoms in total. The Kier molecular flexibility index (Phi) is 7.16. The Morgan fingerprint density at radius 1 is 0.723 bits per heavy atom. The third kappa shape index (κ3) is 5.17. The zero-order valence-corrected chi connectivity index (χ0v) is 25.5. The van der Waals surface area contributed by atoms with E-state index in [9.17, 15) is 13.2 Å². The Hall–Kier alpha value is -5.58. The molecule has 4 aromatic carbocycles. The molecule has 5 aromatic rings. The average molecular weight is 634 g/mol. The molecule has 1 aromatic heterocycles. The van der Waals surface area contributed by atoms with Crippen molar-refractivity contribution in [3.05, 3.63) is 126 Å². The molecule has 0 unspecified atom stereocenters. The first kappa shape index (κ1) is 28.9. The number of hydrogen-bond donors (Lipinski definition) is 0. The minimum absolute atomic E-state index is 0.0886. The van der Waals surface area contributed by atoms with Crippen LogP contribution in [-0.4, -0.2) is 59.1 Å². The molecule has 8 rings (SSSR count). The van der Waals surface area contributed by atoms with Crippen molar-refractivity contribution in [3.63, 3.8) is 0 Å². The summed E-state index contributed by atoms with van der Waals surface area (Å²) in [5, 5.41) is 4.97. The summed E-state index contributed by atoms with van der Waals surface area (Å²) in [5.41, 5.74) is 6.13. The molecule has 1 saturated heterocycles. The van der Waals surface area contributed by atoms with E-state index in [2.05, 4.69) is 19.4 Å². The van der Waals surface area contributed by atoms with Gasteiger partial charge in [-0.2, -0.15) is 13.9 Å². The van der Waals surface area contributed by atoms with E-state index in [1.807, 2.05) is 90.5 Å². The van der Waals surface area contributed by atoms with Crippen LogP contribution in [0.2, 0.25) is 0 Å². The SMILES string of the molecule is Cc1nn(-c2ccccc2)c2c1[C@H](c1ccc(OC(F)F)cc1)N1C(=N2)C(N2CCN(c3ccc(F)cc3)CC2)=Nc2ccccc21. The summed E-state index contributed by atoms with van der Waals surface area (Å²) in [5.74, 6) is 1.95. The predicted molar refractivity (Wildman–Crippen MR) is 177 cm³/mol.